The maximum atomic E-state index is 12.3. The zero-order chi connectivity index (χ0) is 13.1. The van der Waals surface area contributed by atoms with Crippen molar-refractivity contribution in [2.24, 2.45) is 7.05 Å². The summed E-state index contributed by atoms with van der Waals surface area (Å²) in [6.45, 7) is 4.25. The molecule has 0 atom stereocenters. The molecule has 0 amide bonds. The van der Waals surface area contributed by atoms with Crippen molar-refractivity contribution in [3.05, 3.63) is 41.5 Å². The lowest BCUT2D eigenvalue weighted by Crippen LogP contribution is -2.03. The average molecular weight is 245 g/mol. The first-order chi connectivity index (χ1) is 8.61. The predicted molar refractivity (Wildman–Crippen MR) is 66.8 cm³/mol. The van der Waals surface area contributed by atoms with Crippen LogP contribution in [0.2, 0.25) is 0 Å². The molecule has 0 unspecified atom stereocenters. The van der Waals surface area contributed by atoms with E-state index in [9.17, 15) is 4.79 Å². The molecule has 2 heterocycles. The minimum Gasteiger partial charge on any atom is -0.492 e. The lowest BCUT2D eigenvalue weighted by atomic mass is 10.1. The van der Waals surface area contributed by atoms with E-state index in [1.165, 1.54) is 6.20 Å². The van der Waals surface area contributed by atoms with Crippen LogP contribution in [-0.2, 0) is 7.05 Å². The topological polar surface area (TPSA) is 57.0 Å². The molecule has 0 aliphatic carbocycles. The first-order valence-corrected chi connectivity index (χ1v) is 5.74. The Morgan fingerprint density at radius 1 is 1.44 bits per heavy atom. The Labute approximate surface area is 105 Å². The van der Waals surface area contributed by atoms with Crippen LogP contribution in [0.5, 0.6) is 5.75 Å². The fourth-order valence-electron chi connectivity index (χ4n) is 1.77. The highest BCUT2D eigenvalue weighted by Gasteiger charge is 2.15. The van der Waals surface area contributed by atoms with Gasteiger partial charge in [-0.2, -0.15) is 5.10 Å². The van der Waals surface area contributed by atoms with Gasteiger partial charge in [0.15, 0.2) is 5.78 Å². The van der Waals surface area contributed by atoms with E-state index in [0.717, 1.165) is 0 Å². The molecular formula is C13H15N3O2. The second-order valence-electron chi connectivity index (χ2n) is 3.97. The number of carbonyl (C=O) groups is 1. The van der Waals surface area contributed by atoms with E-state index in [4.69, 9.17) is 4.74 Å². The zero-order valence-electron chi connectivity index (χ0n) is 10.7. The fourth-order valence-corrected chi connectivity index (χ4v) is 1.77. The van der Waals surface area contributed by atoms with Gasteiger partial charge in [0.25, 0.3) is 0 Å². The molecule has 5 nitrogen and oxygen atoms in total. The lowest BCUT2D eigenvalue weighted by Gasteiger charge is -2.04. The van der Waals surface area contributed by atoms with Crippen LogP contribution in [0.25, 0.3) is 0 Å². The molecule has 0 aromatic carbocycles. The number of ether oxygens (including phenoxy) is 1. The minimum absolute atomic E-state index is 0.0883. The first-order valence-electron chi connectivity index (χ1n) is 5.74. The van der Waals surface area contributed by atoms with Gasteiger partial charge in [0.2, 0.25) is 0 Å². The number of aryl methyl sites for hydroxylation is 2. The average Bonchev–Trinajstić information content (AvgIpc) is 2.68. The number of ketones is 1. The normalized spacial score (nSPS) is 10.4. The monoisotopic (exact) mass is 245 g/mol. The van der Waals surface area contributed by atoms with Crippen LogP contribution < -0.4 is 4.74 Å². The van der Waals surface area contributed by atoms with Crippen molar-refractivity contribution < 1.29 is 9.53 Å². The highest BCUT2D eigenvalue weighted by atomic mass is 16.5. The molecule has 0 bridgehead atoms. The molecule has 0 aliphatic rings. The SMILES string of the molecule is CCOc1cncc(C(=O)c2cn(C)nc2C)c1. The summed E-state index contributed by atoms with van der Waals surface area (Å²) >= 11 is 0. The third-order valence-corrected chi connectivity index (χ3v) is 2.54. The van der Waals surface area contributed by atoms with Crippen molar-refractivity contribution in [1.82, 2.24) is 14.8 Å². The lowest BCUT2D eigenvalue weighted by molar-refractivity contribution is 0.103. The van der Waals surface area contributed by atoms with Crippen LogP contribution in [0.4, 0.5) is 0 Å². The Hall–Kier alpha value is -2.17. The van der Waals surface area contributed by atoms with Crippen LogP contribution in [0.15, 0.2) is 24.7 Å². The Bertz CT molecular complexity index is 575. The number of rotatable bonds is 4. The minimum atomic E-state index is -0.0883. The summed E-state index contributed by atoms with van der Waals surface area (Å²) in [5.41, 5.74) is 1.81. The number of pyridine rings is 1. The van der Waals surface area contributed by atoms with Crippen LogP contribution in [0.1, 0.15) is 28.5 Å². The zero-order valence-corrected chi connectivity index (χ0v) is 10.7. The summed E-state index contributed by atoms with van der Waals surface area (Å²) in [4.78, 5) is 16.3. The summed E-state index contributed by atoms with van der Waals surface area (Å²) in [6.07, 6.45) is 4.85. The highest BCUT2D eigenvalue weighted by molar-refractivity contribution is 6.09. The molecule has 0 spiro atoms. The maximum Gasteiger partial charge on any atom is 0.198 e. The summed E-state index contributed by atoms with van der Waals surface area (Å²) < 4.78 is 6.96. The van der Waals surface area contributed by atoms with E-state index in [-0.39, 0.29) is 5.78 Å². The third-order valence-electron chi connectivity index (χ3n) is 2.54. The van der Waals surface area contributed by atoms with Gasteiger partial charge in [-0.3, -0.25) is 14.5 Å². The molecule has 2 aromatic rings. The number of hydrogen-bond acceptors (Lipinski definition) is 4. The van der Waals surface area contributed by atoms with Gasteiger partial charge in [-0.25, -0.2) is 0 Å². The first kappa shape index (κ1) is 12.3. The van der Waals surface area contributed by atoms with Gasteiger partial charge in [-0.1, -0.05) is 0 Å². The molecule has 2 aromatic heterocycles. The van der Waals surface area contributed by atoms with Crippen molar-refractivity contribution in [2.75, 3.05) is 6.61 Å². The van der Waals surface area contributed by atoms with Gasteiger partial charge in [0.05, 0.1) is 24.1 Å². The van der Waals surface area contributed by atoms with Crippen molar-refractivity contribution in [3.63, 3.8) is 0 Å². The second-order valence-corrected chi connectivity index (χ2v) is 3.97. The quantitative estimate of drug-likeness (QED) is 0.770. The van der Waals surface area contributed by atoms with E-state index in [2.05, 4.69) is 10.1 Å². The fraction of sp³-hybridized carbons (Fsp3) is 0.308. The Morgan fingerprint density at radius 3 is 2.83 bits per heavy atom. The van der Waals surface area contributed by atoms with Crippen molar-refractivity contribution >= 4 is 5.78 Å². The molecule has 0 saturated carbocycles. The van der Waals surface area contributed by atoms with E-state index in [1.807, 2.05) is 13.8 Å². The van der Waals surface area contributed by atoms with Gasteiger partial charge in [0, 0.05) is 25.0 Å². The van der Waals surface area contributed by atoms with Gasteiger partial charge in [-0.15, -0.1) is 0 Å². The molecule has 94 valence electrons. The third kappa shape index (κ3) is 2.40. The molecule has 0 fully saturated rings. The van der Waals surface area contributed by atoms with E-state index in [1.54, 1.807) is 30.2 Å². The Balaban J connectivity index is 2.34. The number of hydrogen-bond donors (Lipinski definition) is 0. The summed E-state index contributed by atoms with van der Waals surface area (Å²) in [5, 5.41) is 4.16. The summed E-state index contributed by atoms with van der Waals surface area (Å²) in [5.74, 6) is 0.513. The molecule has 5 heteroatoms. The molecular weight excluding hydrogens is 230 g/mol. The van der Waals surface area contributed by atoms with Crippen LogP contribution in [0, 0.1) is 6.92 Å². The van der Waals surface area contributed by atoms with E-state index >= 15 is 0 Å². The van der Waals surface area contributed by atoms with Gasteiger partial charge >= 0.3 is 0 Å². The predicted octanol–water partition coefficient (Wildman–Crippen LogP) is 1.75. The summed E-state index contributed by atoms with van der Waals surface area (Å²) in [6, 6.07) is 1.70. The standard InChI is InChI=1S/C13H15N3O2/c1-4-18-11-5-10(6-14-7-11)13(17)12-8-16(3)15-9(12)2/h5-8H,4H2,1-3H3. The molecule has 2 rings (SSSR count). The number of nitrogens with zero attached hydrogens (tertiary/aromatic N) is 3. The van der Waals surface area contributed by atoms with E-state index in [0.29, 0.717) is 29.2 Å². The largest absolute Gasteiger partial charge is 0.492 e. The summed E-state index contributed by atoms with van der Waals surface area (Å²) in [7, 11) is 1.79. The number of carbonyl (C=O) groups excluding carboxylic acids is 1. The molecule has 0 aliphatic heterocycles. The maximum absolute atomic E-state index is 12.3. The van der Waals surface area contributed by atoms with Gasteiger partial charge < -0.3 is 4.74 Å². The molecule has 0 radical (unpaired) electrons. The Kier molecular flexibility index (Phi) is 3.41. The van der Waals surface area contributed by atoms with Gasteiger partial charge in [-0.05, 0) is 19.9 Å². The van der Waals surface area contributed by atoms with Gasteiger partial charge in [0.1, 0.15) is 5.75 Å². The molecule has 18 heavy (non-hydrogen) atoms. The van der Waals surface area contributed by atoms with Crippen LogP contribution in [-0.4, -0.2) is 27.2 Å². The number of aromatic nitrogens is 3. The molecule has 0 N–H and O–H groups in total. The van der Waals surface area contributed by atoms with Crippen molar-refractivity contribution in [3.8, 4) is 5.75 Å². The Morgan fingerprint density at radius 2 is 2.22 bits per heavy atom. The smallest absolute Gasteiger partial charge is 0.198 e. The van der Waals surface area contributed by atoms with Crippen LogP contribution in [0.3, 0.4) is 0 Å². The van der Waals surface area contributed by atoms with Crippen molar-refractivity contribution in [2.45, 2.75) is 13.8 Å². The van der Waals surface area contributed by atoms with E-state index < -0.39 is 0 Å². The van der Waals surface area contributed by atoms with Crippen LogP contribution >= 0.6 is 0 Å². The highest BCUT2D eigenvalue weighted by Crippen LogP contribution is 2.16. The molecule has 0 saturated heterocycles. The van der Waals surface area contributed by atoms with Crippen molar-refractivity contribution in [1.29, 1.82) is 0 Å². The second kappa shape index (κ2) is 5.00.